The lowest BCUT2D eigenvalue weighted by atomic mass is 10.1. The van der Waals surface area contributed by atoms with E-state index in [0.29, 0.717) is 18.0 Å². The van der Waals surface area contributed by atoms with Crippen LogP contribution < -0.4 is 15.8 Å². The van der Waals surface area contributed by atoms with Crippen LogP contribution in [-0.4, -0.2) is 18.6 Å². The molecule has 0 saturated heterocycles. The van der Waals surface area contributed by atoms with E-state index in [1.54, 1.807) is 6.07 Å². The van der Waals surface area contributed by atoms with Gasteiger partial charge in [0.1, 0.15) is 5.75 Å². The van der Waals surface area contributed by atoms with Crippen molar-refractivity contribution in [2.45, 2.75) is 6.04 Å². The second kappa shape index (κ2) is 6.71. The van der Waals surface area contributed by atoms with Crippen molar-refractivity contribution >= 4 is 11.4 Å². The summed E-state index contributed by atoms with van der Waals surface area (Å²) in [4.78, 5) is 10.4. The lowest BCUT2D eigenvalue weighted by Gasteiger charge is -2.14. The van der Waals surface area contributed by atoms with E-state index in [4.69, 9.17) is 10.5 Å². The SMILES string of the molecule is COc1cc(NCC(N)c2ccccc2)cc([N+](=O)[O-])c1. The first-order valence-electron chi connectivity index (χ1n) is 6.48. The first-order chi connectivity index (χ1) is 10.1. The van der Waals surface area contributed by atoms with Crippen LogP contribution in [0.1, 0.15) is 11.6 Å². The van der Waals surface area contributed by atoms with Gasteiger partial charge in [0.2, 0.25) is 0 Å². The van der Waals surface area contributed by atoms with Gasteiger partial charge in [0.15, 0.2) is 0 Å². The molecule has 6 nitrogen and oxygen atoms in total. The molecule has 0 saturated carbocycles. The zero-order valence-electron chi connectivity index (χ0n) is 11.7. The van der Waals surface area contributed by atoms with E-state index >= 15 is 0 Å². The highest BCUT2D eigenvalue weighted by atomic mass is 16.6. The lowest BCUT2D eigenvalue weighted by molar-refractivity contribution is -0.384. The van der Waals surface area contributed by atoms with E-state index in [0.717, 1.165) is 5.56 Å². The number of non-ortho nitro benzene ring substituents is 1. The maximum Gasteiger partial charge on any atom is 0.275 e. The Bertz CT molecular complexity index is 617. The minimum atomic E-state index is -0.454. The number of nitrogens with zero attached hydrogens (tertiary/aromatic N) is 1. The van der Waals surface area contributed by atoms with Crippen LogP contribution >= 0.6 is 0 Å². The minimum Gasteiger partial charge on any atom is -0.496 e. The average Bonchev–Trinajstić information content (AvgIpc) is 2.53. The molecule has 1 atom stereocenters. The summed E-state index contributed by atoms with van der Waals surface area (Å²) in [7, 11) is 1.47. The van der Waals surface area contributed by atoms with Crippen LogP contribution in [0.25, 0.3) is 0 Å². The summed E-state index contributed by atoms with van der Waals surface area (Å²) >= 11 is 0. The van der Waals surface area contributed by atoms with Crippen molar-refractivity contribution in [2.24, 2.45) is 5.73 Å². The van der Waals surface area contributed by atoms with Crippen LogP contribution in [0.15, 0.2) is 48.5 Å². The molecule has 0 aromatic heterocycles. The van der Waals surface area contributed by atoms with Gasteiger partial charge in [-0.3, -0.25) is 10.1 Å². The Morgan fingerprint density at radius 1 is 1.29 bits per heavy atom. The molecule has 2 aromatic rings. The molecule has 0 spiro atoms. The molecule has 0 aliphatic carbocycles. The number of benzene rings is 2. The molecule has 2 aromatic carbocycles. The van der Waals surface area contributed by atoms with Gasteiger partial charge in [-0.25, -0.2) is 0 Å². The second-order valence-corrected chi connectivity index (χ2v) is 4.57. The average molecular weight is 287 g/mol. The van der Waals surface area contributed by atoms with E-state index in [9.17, 15) is 10.1 Å². The van der Waals surface area contributed by atoms with Gasteiger partial charge in [0, 0.05) is 30.4 Å². The number of hydrogen-bond donors (Lipinski definition) is 2. The summed E-state index contributed by atoms with van der Waals surface area (Å²) in [5.74, 6) is 0.431. The Morgan fingerprint density at radius 2 is 2.00 bits per heavy atom. The molecule has 0 heterocycles. The van der Waals surface area contributed by atoms with Gasteiger partial charge in [-0.1, -0.05) is 30.3 Å². The normalized spacial score (nSPS) is 11.7. The maximum atomic E-state index is 10.9. The molecule has 0 aliphatic heterocycles. The van der Waals surface area contributed by atoms with Gasteiger partial charge in [-0.05, 0) is 5.56 Å². The number of nitrogens with two attached hydrogens (primary N) is 1. The number of anilines is 1. The summed E-state index contributed by atoms with van der Waals surface area (Å²) in [5, 5.41) is 14.0. The quantitative estimate of drug-likeness (QED) is 0.629. The van der Waals surface area contributed by atoms with Crippen molar-refractivity contribution in [1.82, 2.24) is 0 Å². The highest BCUT2D eigenvalue weighted by Gasteiger charge is 2.11. The number of rotatable bonds is 6. The Hall–Kier alpha value is -2.60. The number of ether oxygens (including phenoxy) is 1. The molecule has 21 heavy (non-hydrogen) atoms. The molecule has 6 heteroatoms. The monoisotopic (exact) mass is 287 g/mol. The second-order valence-electron chi connectivity index (χ2n) is 4.57. The molecule has 0 radical (unpaired) electrons. The zero-order valence-corrected chi connectivity index (χ0v) is 11.7. The summed E-state index contributed by atoms with van der Waals surface area (Å²) in [6.45, 7) is 0.467. The van der Waals surface area contributed by atoms with Gasteiger partial charge >= 0.3 is 0 Å². The zero-order chi connectivity index (χ0) is 15.2. The van der Waals surface area contributed by atoms with E-state index in [2.05, 4.69) is 5.32 Å². The lowest BCUT2D eigenvalue weighted by Crippen LogP contribution is -2.20. The van der Waals surface area contributed by atoms with Gasteiger partial charge in [0.25, 0.3) is 5.69 Å². The van der Waals surface area contributed by atoms with E-state index in [-0.39, 0.29) is 11.7 Å². The summed E-state index contributed by atoms with van der Waals surface area (Å²) in [5.41, 5.74) is 7.67. The topological polar surface area (TPSA) is 90.4 Å². The molecule has 0 fully saturated rings. The fourth-order valence-corrected chi connectivity index (χ4v) is 1.95. The summed E-state index contributed by atoms with van der Waals surface area (Å²) < 4.78 is 5.06. The third-order valence-electron chi connectivity index (χ3n) is 3.09. The van der Waals surface area contributed by atoms with Crippen molar-refractivity contribution in [3.05, 3.63) is 64.2 Å². The highest BCUT2D eigenvalue weighted by molar-refractivity contribution is 5.56. The molecular formula is C15H17N3O3. The first-order valence-corrected chi connectivity index (χ1v) is 6.48. The third-order valence-corrected chi connectivity index (χ3v) is 3.09. The smallest absolute Gasteiger partial charge is 0.275 e. The number of methoxy groups -OCH3 is 1. The molecule has 110 valence electrons. The standard InChI is InChI=1S/C15H17N3O3/c1-21-14-8-12(7-13(9-14)18(19)20)17-10-15(16)11-5-3-2-4-6-11/h2-9,15,17H,10,16H2,1H3. The Labute approximate surface area is 122 Å². The first kappa shape index (κ1) is 14.8. The minimum absolute atomic E-state index is 0.0230. The fourth-order valence-electron chi connectivity index (χ4n) is 1.95. The van der Waals surface area contributed by atoms with Gasteiger partial charge in [-0.15, -0.1) is 0 Å². The predicted molar refractivity (Wildman–Crippen MR) is 81.5 cm³/mol. The van der Waals surface area contributed by atoms with Crippen LogP contribution in [0.3, 0.4) is 0 Å². The Morgan fingerprint density at radius 3 is 2.62 bits per heavy atom. The Kier molecular flexibility index (Phi) is 4.73. The molecule has 1 unspecified atom stereocenters. The van der Waals surface area contributed by atoms with Crippen LogP contribution in [-0.2, 0) is 0 Å². The van der Waals surface area contributed by atoms with Crippen molar-refractivity contribution in [3.8, 4) is 5.75 Å². The van der Waals surface area contributed by atoms with Crippen molar-refractivity contribution in [2.75, 3.05) is 19.0 Å². The van der Waals surface area contributed by atoms with Crippen LogP contribution in [0, 0.1) is 10.1 Å². The van der Waals surface area contributed by atoms with Crippen LogP contribution in [0.4, 0.5) is 11.4 Å². The van der Waals surface area contributed by atoms with Crippen molar-refractivity contribution in [1.29, 1.82) is 0 Å². The van der Waals surface area contributed by atoms with Crippen LogP contribution in [0.2, 0.25) is 0 Å². The van der Waals surface area contributed by atoms with E-state index in [1.165, 1.54) is 19.2 Å². The van der Waals surface area contributed by atoms with Crippen molar-refractivity contribution < 1.29 is 9.66 Å². The Balaban J connectivity index is 2.09. The molecule has 0 amide bonds. The fraction of sp³-hybridized carbons (Fsp3) is 0.200. The molecule has 0 aliphatic rings. The number of nitro groups is 1. The molecule has 2 rings (SSSR count). The van der Waals surface area contributed by atoms with Crippen molar-refractivity contribution in [3.63, 3.8) is 0 Å². The maximum absolute atomic E-state index is 10.9. The largest absolute Gasteiger partial charge is 0.496 e. The predicted octanol–water partition coefficient (Wildman–Crippen LogP) is 2.72. The molecular weight excluding hydrogens is 270 g/mol. The van der Waals surface area contributed by atoms with Gasteiger partial charge < -0.3 is 15.8 Å². The van der Waals surface area contributed by atoms with E-state index in [1.807, 2.05) is 30.3 Å². The molecule has 3 N–H and O–H groups in total. The van der Waals surface area contributed by atoms with E-state index < -0.39 is 4.92 Å². The summed E-state index contributed by atoms with van der Waals surface area (Å²) in [6, 6.07) is 14.0. The molecule has 0 bridgehead atoms. The summed E-state index contributed by atoms with van der Waals surface area (Å²) in [6.07, 6.45) is 0. The number of hydrogen-bond acceptors (Lipinski definition) is 5. The third kappa shape index (κ3) is 3.93. The van der Waals surface area contributed by atoms with Gasteiger partial charge in [-0.2, -0.15) is 0 Å². The van der Waals surface area contributed by atoms with Gasteiger partial charge in [0.05, 0.1) is 18.1 Å². The number of nitrogens with one attached hydrogen (secondary N) is 1. The number of nitro benzene ring substituents is 1. The highest BCUT2D eigenvalue weighted by Crippen LogP contribution is 2.26. The van der Waals surface area contributed by atoms with Crippen LogP contribution in [0.5, 0.6) is 5.75 Å².